The molecule has 3 aromatic carbocycles. The Bertz CT molecular complexity index is 1370. The lowest BCUT2D eigenvalue weighted by molar-refractivity contribution is 0.0717. The second-order valence-corrected chi connectivity index (χ2v) is 8.93. The van der Waals surface area contributed by atoms with Gasteiger partial charge in [0.15, 0.2) is 0 Å². The van der Waals surface area contributed by atoms with E-state index in [-0.39, 0.29) is 29.3 Å². The molecule has 0 fully saturated rings. The molecule has 4 aromatic rings. The van der Waals surface area contributed by atoms with Crippen molar-refractivity contribution in [2.45, 2.75) is 18.0 Å². The maximum absolute atomic E-state index is 13.6. The molecule has 0 aliphatic heterocycles. The number of benzene rings is 3. The zero-order valence-corrected chi connectivity index (χ0v) is 18.5. The van der Waals surface area contributed by atoms with Crippen molar-refractivity contribution < 1.29 is 30.6 Å². The third kappa shape index (κ3) is 5.68. The molecule has 1 aromatic heterocycles. The van der Waals surface area contributed by atoms with Crippen LogP contribution in [-0.2, 0) is 23.2 Å². The summed E-state index contributed by atoms with van der Waals surface area (Å²) in [5.41, 5.74) is 0.875. The van der Waals surface area contributed by atoms with Crippen LogP contribution in [0.4, 0.5) is 8.78 Å². The molecule has 0 atom stereocenters. The van der Waals surface area contributed by atoms with Crippen LogP contribution in [0.1, 0.15) is 21.7 Å². The van der Waals surface area contributed by atoms with E-state index in [1.165, 1.54) is 41.5 Å². The smallest absolute Gasteiger partial charge is 0.339 e. The van der Waals surface area contributed by atoms with Crippen LogP contribution in [0.3, 0.4) is 0 Å². The van der Waals surface area contributed by atoms with Crippen LogP contribution in [0.2, 0.25) is 0 Å². The lowest BCUT2D eigenvalue weighted by Gasteiger charge is -2.22. The Morgan fingerprint density at radius 3 is 2.24 bits per heavy atom. The Kier molecular flexibility index (Phi) is 6.74. The van der Waals surface area contributed by atoms with Crippen molar-refractivity contribution in [2.75, 3.05) is 0 Å². The van der Waals surface area contributed by atoms with Gasteiger partial charge in [0.2, 0.25) is 0 Å². The second-order valence-electron chi connectivity index (χ2n) is 7.39. The Labute approximate surface area is 195 Å². The first-order chi connectivity index (χ1) is 16.3. The predicted octanol–water partition coefficient (Wildman–Crippen LogP) is 5.17. The largest absolute Gasteiger partial charge is 0.467 e. The van der Waals surface area contributed by atoms with Crippen LogP contribution in [0.15, 0.2) is 101 Å². The number of hydrogen-bond donors (Lipinski definition) is 0. The van der Waals surface area contributed by atoms with Gasteiger partial charge >= 0.3 is 10.1 Å². The number of nitrogens with zero attached hydrogens (tertiary/aromatic N) is 1. The molecule has 6 nitrogen and oxygen atoms in total. The molecular weight excluding hydrogens is 464 g/mol. The fourth-order valence-electron chi connectivity index (χ4n) is 3.24. The minimum absolute atomic E-state index is 0.0575. The van der Waals surface area contributed by atoms with Gasteiger partial charge < -0.3 is 13.5 Å². The Morgan fingerprint density at radius 1 is 0.853 bits per heavy atom. The van der Waals surface area contributed by atoms with E-state index in [2.05, 4.69) is 0 Å². The van der Waals surface area contributed by atoms with Crippen molar-refractivity contribution in [3.63, 3.8) is 0 Å². The van der Waals surface area contributed by atoms with Gasteiger partial charge in [-0.15, -0.1) is 0 Å². The number of rotatable bonds is 8. The van der Waals surface area contributed by atoms with Crippen molar-refractivity contribution in [3.05, 3.63) is 120 Å². The SMILES string of the molecule is O=C(c1cccc(F)c1)N(Cc1ccc(OS(=O)(=O)c2ccc(F)cc2)cc1)Cc1ccco1. The highest BCUT2D eigenvalue weighted by atomic mass is 32.2. The summed E-state index contributed by atoms with van der Waals surface area (Å²) >= 11 is 0. The van der Waals surface area contributed by atoms with E-state index < -0.39 is 27.7 Å². The quantitative estimate of drug-likeness (QED) is 0.323. The lowest BCUT2D eigenvalue weighted by Crippen LogP contribution is -2.30. The first-order valence-electron chi connectivity index (χ1n) is 10.2. The molecule has 34 heavy (non-hydrogen) atoms. The van der Waals surface area contributed by atoms with Gasteiger partial charge in [0.05, 0.1) is 12.8 Å². The van der Waals surface area contributed by atoms with E-state index in [9.17, 15) is 22.0 Å². The lowest BCUT2D eigenvalue weighted by atomic mass is 10.1. The van der Waals surface area contributed by atoms with Crippen LogP contribution >= 0.6 is 0 Å². The molecule has 1 heterocycles. The van der Waals surface area contributed by atoms with Crippen molar-refractivity contribution in [2.24, 2.45) is 0 Å². The molecule has 0 aliphatic carbocycles. The van der Waals surface area contributed by atoms with Crippen molar-refractivity contribution in [1.29, 1.82) is 0 Å². The zero-order valence-electron chi connectivity index (χ0n) is 17.7. The van der Waals surface area contributed by atoms with Crippen LogP contribution in [0, 0.1) is 11.6 Å². The molecule has 0 bridgehead atoms. The summed E-state index contributed by atoms with van der Waals surface area (Å²) < 4.78 is 62.0. The van der Waals surface area contributed by atoms with Gasteiger partial charge in [0.1, 0.15) is 28.0 Å². The molecule has 0 unspecified atom stereocenters. The summed E-state index contributed by atoms with van der Waals surface area (Å²) in [5, 5.41) is 0. The maximum atomic E-state index is 13.6. The number of furan rings is 1. The highest BCUT2D eigenvalue weighted by Crippen LogP contribution is 2.21. The first-order valence-corrected chi connectivity index (χ1v) is 11.6. The Morgan fingerprint density at radius 2 is 1.59 bits per heavy atom. The van der Waals surface area contributed by atoms with E-state index in [1.807, 2.05) is 0 Å². The number of hydrogen-bond acceptors (Lipinski definition) is 5. The van der Waals surface area contributed by atoms with Gasteiger partial charge in [-0.3, -0.25) is 4.79 Å². The standard InChI is InChI=1S/C25H19F2NO5S/c26-20-8-12-24(13-9-20)34(30,31)33-22-10-6-18(7-11-22)16-28(17-23-5-2-14-32-23)25(29)19-3-1-4-21(27)15-19/h1-15H,16-17H2. The minimum Gasteiger partial charge on any atom is -0.467 e. The van der Waals surface area contributed by atoms with Crippen molar-refractivity contribution in [1.82, 2.24) is 4.90 Å². The third-order valence-electron chi connectivity index (χ3n) is 4.89. The maximum Gasteiger partial charge on any atom is 0.339 e. The monoisotopic (exact) mass is 483 g/mol. The highest BCUT2D eigenvalue weighted by molar-refractivity contribution is 7.87. The average molecular weight is 483 g/mol. The van der Waals surface area contributed by atoms with Gasteiger partial charge in [0, 0.05) is 12.1 Å². The molecule has 0 aliphatic rings. The van der Waals surface area contributed by atoms with Crippen LogP contribution in [0.25, 0.3) is 0 Å². The summed E-state index contributed by atoms with van der Waals surface area (Å²) in [4.78, 5) is 14.4. The number of carbonyl (C=O) groups excluding carboxylic acids is 1. The van der Waals surface area contributed by atoms with Gasteiger partial charge in [0.25, 0.3) is 5.91 Å². The predicted molar refractivity (Wildman–Crippen MR) is 119 cm³/mol. The van der Waals surface area contributed by atoms with E-state index in [0.717, 1.165) is 30.3 Å². The number of halogens is 2. The Hall–Kier alpha value is -3.98. The summed E-state index contributed by atoms with van der Waals surface area (Å²) in [6.45, 7) is 0.306. The van der Waals surface area contributed by atoms with Crippen LogP contribution < -0.4 is 4.18 Å². The molecule has 0 N–H and O–H groups in total. The molecule has 0 saturated heterocycles. The molecule has 174 valence electrons. The number of carbonyl (C=O) groups is 1. The summed E-state index contributed by atoms with van der Waals surface area (Å²) in [6.07, 6.45) is 1.49. The van der Waals surface area contributed by atoms with E-state index in [0.29, 0.717) is 11.3 Å². The van der Waals surface area contributed by atoms with E-state index in [4.69, 9.17) is 8.60 Å². The fourth-order valence-corrected chi connectivity index (χ4v) is 4.17. The molecule has 9 heteroatoms. The zero-order chi connectivity index (χ0) is 24.1. The van der Waals surface area contributed by atoms with Crippen LogP contribution in [0.5, 0.6) is 5.75 Å². The summed E-state index contributed by atoms with van der Waals surface area (Å²) in [6, 6.07) is 19.3. The Balaban J connectivity index is 1.51. The van der Waals surface area contributed by atoms with Crippen molar-refractivity contribution in [3.8, 4) is 5.75 Å². The molecular formula is C25H19F2NO5S. The van der Waals surface area contributed by atoms with Crippen molar-refractivity contribution >= 4 is 16.0 Å². The van der Waals surface area contributed by atoms with Gasteiger partial charge in [-0.2, -0.15) is 8.42 Å². The summed E-state index contributed by atoms with van der Waals surface area (Å²) in [5.74, 6) is -0.866. The highest BCUT2D eigenvalue weighted by Gasteiger charge is 2.20. The topological polar surface area (TPSA) is 76.8 Å². The average Bonchev–Trinajstić information content (AvgIpc) is 3.33. The molecule has 4 rings (SSSR count). The van der Waals surface area contributed by atoms with E-state index >= 15 is 0 Å². The van der Waals surface area contributed by atoms with Gasteiger partial charge in [-0.1, -0.05) is 18.2 Å². The van der Waals surface area contributed by atoms with E-state index in [1.54, 1.807) is 24.3 Å². The van der Waals surface area contributed by atoms with Gasteiger partial charge in [-0.05, 0) is 72.3 Å². The normalized spacial score (nSPS) is 11.2. The van der Waals surface area contributed by atoms with Gasteiger partial charge in [-0.25, -0.2) is 8.78 Å². The molecule has 0 radical (unpaired) electrons. The molecule has 0 spiro atoms. The fraction of sp³-hybridized carbons (Fsp3) is 0.0800. The molecule has 0 saturated carbocycles. The first kappa shape index (κ1) is 23.2. The third-order valence-corrected chi connectivity index (χ3v) is 6.15. The van der Waals surface area contributed by atoms with Crippen LogP contribution in [-0.4, -0.2) is 19.2 Å². The summed E-state index contributed by atoms with van der Waals surface area (Å²) in [7, 11) is -4.13. The minimum atomic E-state index is -4.13. The molecule has 1 amide bonds. The number of amides is 1. The second kappa shape index (κ2) is 9.88.